The highest BCUT2D eigenvalue weighted by molar-refractivity contribution is 7.99. The molecule has 1 fully saturated rings. The summed E-state index contributed by atoms with van der Waals surface area (Å²) < 4.78 is 0. The minimum absolute atomic E-state index is 0.330. The van der Waals surface area contributed by atoms with Crippen molar-refractivity contribution in [1.29, 1.82) is 0 Å². The molecular formula is C12H24N2OS. The van der Waals surface area contributed by atoms with Crippen LogP contribution in [-0.4, -0.2) is 60.4 Å². The maximum Gasteiger partial charge on any atom is 0.232 e. The lowest BCUT2D eigenvalue weighted by Crippen LogP contribution is -2.43. The van der Waals surface area contributed by atoms with E-state index in [0.29, 0.717) is 17.7 Å². The molecule has 0 spiro atoms. The normalized spacial score (nSPS) is 21.5. The number of thioether (sulfide) groups is 1. The van der Waals surface area contributed by atoms with Gasteiger partial charge >= 0.3 is 0 Å². The number of hydrogen-bond acceptors (Lipinski definition) is 3. The van der Waals surface area contributed by atoms with Crippen LogP contribution in [-0.2, 0) is 4.79 Å². The van der Waals surface area contributed by atoms with Crippen LogP contribution >= 0.6 is 11.8 Å². The predicted octanol–water partition coefficient (Wildman–Crippen LogP) is 1.68. The van der Waals surface area contributed by atoms with Crippen molar-refractivity contribution in [2.45, 2.75) is 32.2 Å². The van der Waals surface area contributed by atoms with Crippen LogP contribution in [0.4, 0.5) is 0 Å². The fourth-order valence-electron chi connectivity index (χ4n) is 1.96. The fraction of sp³-hybridized carbons (Fsp3) is 0.917. The van der Waals surface area contributed by atoms with Gasteiger partial charge in [0.15, 0.2) is 0 Å². The van der Waals surface area contributed by atoms with E-state index >= 15 is 0 Å². The first-order chi connectivity index (χ1) is 7.61. The van der Waals surface area contributed by atoms with E-state index in [2.05, 4.69) is 30.8 Å². The SMILES string of the molecule is CC1CCCCN1C(=O)CSCCN(C)C. The number of nitrogens with zero attached hydrogens (tertiary/aromatic N) is 2. The largest absolute Gasteiger partial charge is 0.339 e. The summed E-state index contributed by atoms with van der Waals surface area (Å²) in [7, 11) is 4.13. The Balaban J connectivity index is 2.18. The molecule has 0 N–H and O–H groups in total. The monoisotopic (exact) mass is 244 g/mol. The summed E-state index contributed by atoms with van der Waals surface area (Å²) in [6.45, 7) is 4.18. The molecule has 0 aromatic rings. The quantitative estimate of drug-likeness (QED) is 0.688. The molecule has 0 radical (unpaired) electrons. The van der Waals surface area contributed by atoms with Gasteiger partial charge in [0.1, 0.15) is 0 Å². The maximum absolute atomic E-state index is 11.9. The van der Waals surface area contributed by atoms with Gasteiger partial charge in [-0.25, -0.2) is 0 Å². The van der Waals surface area contributed by atoms with Crippen LogP contribution in [0.15, 0.2) is 0 Å². The highest BCUT2D eigenvalue weighted by Crippen LogP contribution is 2.17. The Labute approximate surface area is 104 Å². The minimum Gasteiger partial charge on any atom is -0.339 e. The molecule has 0 saturated carbocycles. The van der Waals surface area contributed by atoms with Crippen LogP contribution in [0, 0.1) is 0 Å². The topological polar surface area (TPSA) is 23.6 Å². The highest BCUT2D eigenvalue weighted by atomic mass is 32.2. The number of amides is 1. The van der Waals surface area contributed by atoms with Crippen molar-refractivity contribution in [2.24, 2.45) is 0 Å². The molecule has 16 heavy (non-hydrogen) atoms. The summed E-state index contributed by atoms with van der Waals surface area (Å²) in [5.41, 5.74) is 0. The maximum atomic E-state index is 11.9. The Morgan fingerprint density at radius 2 is 2.19 bits per heavy atom. The van der Waals surface area contributed by atoms with Gasteiger partial charge in [0.05, 0.1) is 5.75 Å². The summed E-state index contributed by atoms with van der Waals surface area (Å²) in [5.74, 6) is 2.02. The molecule has 1 atom stereocenters. The summed E-state index contributed by atoms with van der Waals surface area (Å²) in [4.78, 5) is 16.2. The van der Waals surface area contributed by atoms with Crippen molar-refractivity contribution in [3.8, 4) is 0 Å². The molecule has 94 valence electrons. The lowest BCUT2D eigenvalue weighted by molar-refractivity contribution is -0.131. The molecule has 1 saturated heterocycles. The molecule has 0 aromatic heterocycles. The Bertz CT molecular complexity index is 221. The standard InChI is InChI=1S/C12H24N2OS/c1-11-6-4-5-7-14(11)12(15)10-16-9-8-13(2)3/h11H,4-10H2,1-3H3. The Kier molecular flexibility index (Phi) is 6.21. The lowest BCUT2D eigenvalue weighted by Gasteiger charge is -2.33. The third-order valence-electron chi connectivity index (χ3n) is 3.03. The molecule has 1 aliphatic rings. The van der Waals surface area contributed by atoms with Gasteiger partial charge in [-0.3, -0.25) is 4.79 Å². The summed E-state index contributed by atoms with van der Waals surface area (Å²) >= 11 is 1.75. The van der Waals surface area contributed by atoms with Gasteiger partial charge in [-0.1, -0.05) is 0 Å². The van der Waals surface area contributed by atoms with E-state index in [1.165, 1.54) is 19.3 Å². The Morgan fingerprint density at radius 3 is 2.81 bits per heavy atom. The molecule has 3 nitrogen and oxygen atoms in total. The smallest absolute Gasteiger partial charge is 0.232 e. The van der Waals surface area contributed by atoms with E-state index < -0.39 is 0 Å². The van der Waals surface area contributed by atoms with Crippen molar-refractivity contribution < 1.29 is 4.79 Å². The van der Waals surface area contributed by atoms with Crippen LogP contribution < -0.4 is 0 Å². The first-order valence-electron chi connectivity index (χ1n) is 6.13. The average molecular weight is 244 g/mol. The third kappa shape index (κ3) is 4.74. The zero-order valence-corrected chi connectivity index (χ0v) is 11.6. The first kappa shape index (κ1) is 13.8. The summed E-state index contributed by atoms with van der Waals surface area (Å²) in [5, 5.41) is 0. The zero-order chi connectivity index (χ0) is 12.0. The van der Waals surface area contributed by atoms with Gasteiger partial charge in [-0.05, 0) is 40.3 Å². The minimum atomic E-state index is 0.330. The Morgan fingerprint density at radius 1 is 1.44 bits per heavy atom. The summed E-state index contributed by atoms with van der Waals surface area (Å²) in [6.07, 6.45) is 3.63. The van der Waals surface area contributed by atoms with Crippen molar-refractivity contribution >= 4 is 17.7 Å². The Hall–Kier alpha value is -0.220. The van der Waals surface area contributed by atoms with Gasteiger partial charge < -0.3 is 9.80 Å². The molecular weight excluding hydrogens is 220 g/mol. The number of piperidine rings is 1. The molecule has 1 aliphatic heterocycles. The second-order valence-electron chi connectivity index (χ2n) is 4.79. The summed E-state index contributed by atoms with van der Waals surface area (Å²) in [6, 6.07) is 0.454. The third-order valence-corrected chi connectivity index (χ3v) is 3.95. The molecule has 1 rings (SSSR count). The molecule has 1 unspecified atom stereocenters. The second kappa shape index (κ2) is 7.17. The van der Waals surface area contributed by atoms with E-state index in [9.17, 15) is 4.79 Å². The van der Waals surface area contributed by atoms with Gasteiger partial charge in [-0.2, -0.15) is 11.8 Å². The van der Waals surface area contributed by atoms with Gasteiger partial charge in [0.25, 0.3) is 0 Å². The molecule has 0 bridgehead atoms. The van der Waals surface area contributed by atoms with Crippen LogP contribution in [0.5, 0.6) is 0 Å². The van der Waals surface area contributed by atoms with E-state index in [0.717, 1.165) is 18.8 Å². The number of rotatable bonds is 5. The van der Waals surface area contributed by atoms with Gasteiger partial charge in [0, 0.05) is 24.9 Å². The zero-order valence-electron chi connectivity index (χ0n) is 10.7. The molecule has 4 heteroatoms. The van der Waals surface area contributed by atoms with Crippen LogP contribution in [0.3, 0.4) is 0 Å². The number of likely N-dealkylation sites (tertiary alicyclic amines) is 1. The highest BCUT2D eigenvalue weighted by Gasteiger charge is 2.22. The predicted molar refractivity (Wildman–Crippen MR) is 70.9 cm³/mol. The molecule has 0 aliphatic carbocycles. The van der Waals surface area contributed by atoms with E-state index in [1.54, 1.807) is 11.8 Å². The van der Waals surface area contributed by atoms with Crippen molar-refractivity contribution in [3.63, 3.8) is 0 Å². The van der Waals surface area contributed by atoms with E-state index in [4.69, 9.17) is 0 Å². The van der Waals surface area contributed by atoms with Crippen molar-refractivity contribution in [1.82, 2.24) is 9.80 Å². The molecule has 0 aromatic carbocycles. The first-order valence-corrected chi connectivity index (χ1v) is 7.28. The number of carbonyl (C=O) groups excluding carboxylic acids is 1. The molecule has 1 amide bonds. The fourth-order valence-corrected chi connectivity index (χ4v) is 2.94. The van der Waals surface area contributed by atoms with Crippen molar-refractivity contribution in [2.75, 3.05) is 38.7 Å². The lowest BCUT2D eigenvalue weighted by atomic mass is 10.0. The molecule has 1 heterocycles. The van der Waals surface area contributed by atoms with Crippen LogP contribution in [0.2, 0.25) is 0 Å². The number of carbonyl (C=O) groups is 1. The van der Waals surface area contributed by atoms with E-state index in [1.807, 2.05) is 0 Å². The van der Waals surface area contributed by atoms with Crippen LogP contribution in [0.1, 0.15) is 26.2 Å². The number of hydrogen-bond donors (Lipinski definition) is 0. The van der Waals surface area contributed by atoms with Gasteiger partial charge in [0.2, 0.25) is 5.91 Å². The van der Waals surface area contributed by atoms with E-state index in [-0.39, 0.29) is 0 Å². The average Bonchev–Trinajstić information content (AvgIpc) is 2.24. The van der Waals surface area contributed by atoms with Gasteiger partial charge in [-0.15, -0.1) is 0 Å². The van der Waals surface area contributed by atoms with Crippen molar-refractivity contribution in [3.05, 3.63) is 0 Å². The second-order valence-corrected chi connectivity index (χ2v) is 5.89. The van der Waals surface area contributed by atoms with Crippen LogP contribution in [0.25, 0.3) is 0 Å².